The number of rotatable bonds is 6. The minimum atomic E-state index is -0.333. The van der Waals surface area contributed by atoms with Crippen molar-refractivity contribution in [2.75, 3.05) is 7.05 Å². The molecule has 1 amide bonds. The first kappa shape index (κ1) is 21.6. The summed E-state index contributed by atoms with van der Waals surface area (Å²) in [5.41, 5.74) is 1.47. The van der Waals surface area contributed by atoms with Gasteiger partial charge < -0.3 is 4.90 Å². The molecule has 0 spiro atoms. The lowest BCUT2D eigenvalue weighted by atomic mass is 9.94. The minimum Gasteiger partial charge on any atom is -0.342 e. The number of hydrogen-bond acceptors (Lipinski definition) is 5. The Labute approximate surface area is 186 Å². The van der Waals surface area contributed by atoms with Crippen LogP contribution in [-0.4, -0.2) is 43.7 Å². The highest BCUT2D eigenvalue weighted by Crippen LogP contribution is 2.27. The number of hydrogen-bond donors (Lipinski definition) is 0. The predicted octanol–water partition coefficient (Wildman–Crippen LogP) is 4.11. The van der Waals surface area contributed by atoms with Gasteiger partial charge in [0.05, 0.1) is 22.7 Å². The van der Waals surface area contributed by atoms with Crippen LogP contribution in [0, 0.1) is 0 Å². The molecule has 2 aromatic heterocycles. The van der Waals surface area contributed by atoms with E-state index in [1.165, 1.54) is 31.0 Å². The van der Waals surface area contributed by atoms with Gasteiger partial charge in [0.15, 0.2) is 5.16 Å². The van der Waals surface area contributed by atoms with E-state index in [9.17, 15) is 9.59 Å². The molecule has 1 atom stereocenters. The van der Waals surface area contributed by atoms with E-state index in [1.54, 1.807) is 23.0 Å². The molecule has 0 saturated heterocycles. The number of carbonyl (C=O) groups is 1. The lowest BCUT2D eigenvalue weighted by molar-refractivity contribution is -0.131. The van der Waals surface area contributed by atoms with Crippen molar-refractivity contribution in [2.45, 2.75) is 62.0 Å². The lowest BCUT2D eigenvalue weighted by Crippen LogP contribution is -2.42. The molecule has 162 valence electrons. The largest absolute Gasteiger partial charge is 0.342 e. The normalized spacial score (nSPS) is 15.7. The van der Waals surface area contributed by atoms with Crippen LogP contribution in [0.2, 0.25) is 0 Å². The summed E-state index contributed by atoms with van der Waals surface area (Å²) in [5.74, 6) is 0.0900. The number of aromatic nitrogens is 3. The number of para-hydroxylation sites is 1. The van der Waals surface area contributed by atoms with Crippen molar-refractivity contribution in [3.8, 4) is 0 Å². The zero-order chi connectivity index (χ0) is 21.8. The van der Waals surface area contributed by atoms with E-state index >= 15 is 0 Å². The maximum atomic E-state index is 13.3. The molecule has 4 rings (SSSR count). The zero-order valence-electron chi connectivity index (χ0n) is 18.0. The van der Waals surface area contributed by atoms with Crippen molar-refractivity contribution >= 4 is 28.6 Å². The van der Waals surface area contributed by atoms with Gasteiger partial charge in [-0.05, 0) is 43.5 Å². The van der Waals surface area contributed by atoms with Crippen LogP contribution in [0.1, 0.15) is 44.6 Å². The second kappa shape index (κ2) is 9.64. The fourth-order valence-corrected chi connectivity index (χ4v) is 5.20. The molecule has 1 unspecified atom stereocenters. The van der Waals surface area contributed by atoms with Gasteiger partial charge in [0.25, 0.3) is 5.56 Å². The maximum absolute atomic E-state index is 13.3. The third-order valence-corrected chi connectivity index (χ3v) is 7.07. The van der Waals surface area contributed by atoms with Gasteiger partial charge in [-0.25, -0.2) is 4.98 Å². The third-order valence-electron chi connectivity index (χ3n) is 5.99. The van der Waals surface area contributed by atoms with Crippen molar-refractivity contribution in [3.05, 3.63) is 64.7 Å². The molecule has 2 heterocycles. The summed E-state index contributed by atoms with van der Waals surface area (Å²) in [6, 6.07) is 11.5. The van der Waals surface area contributed by atoms with Gasteiger partial charge in [-0.15, -0.1) is 0 Å². The van der Waals surface area contributed by atoms with E-state index in [-0.39, 0.29) is 16.7 Å². The number of thioether (sulfide) groups is 1. The first-order valence-electron chi connectivity index (χ1n) is 10.9. The summed E-state index contributed by atoms with van der Waals surface area (Å²) in [5, 5.41) is 0.805. The Bertz CT molecular complexity index is 1110. The van der Waals surface area contributed by atoms with E-state index in [2.05, 4.69) is 4.98 Å². The van der Waals surface area contributed by atoms with Gasteiger partial charge >= 0.3 is 0 Å². The summed E-state index contributed by atoms with van der Waals surface area (Å²) in [6.45, 7) is 2.27. The van der Waals surface area contributed by atoms with Crippen molar-refractivity contribution in [2.24, 2.45) is 0 Å². The fourth-order valence-electron chi connectivity index (χ4n) is 4.19. The molecule has 3 aromatic rings. The maximum Gasteiger partial charge on any atom is 0.262 e. The molecule has 0 aliphatic heterocycles. The van der Waals surface area contributed by atoms with E-state index in [4.69, 9.17) is 4.98 Å². The van der Waals surface area contributed by atoms with Crippen LogP contribution in [0.25, 0.3) is 10.9 Å². The number of amides is 1. The smallest absolute Gasteiger partial charge is 0.262 e. The van der Waals surface area contributed by atoms with Crippen molar-refractivity contribution in [1.29, 1.82) is 0 Å². The summed E-state index contributed by atoms with van der Waals surface area (Å²) >= 11 is 1.36. The van der Waals surface area contributed by atoms with Crippen molar-refractivity contribution < 1.29 is 4.79 Å². The molecule has 7 heteroatoms. The molecule has 0 N–H and O–H groups in total. The molecule has 1 aliphatic carbocycles. The molecule has 1 saturated carbocycles. The van der Waals surface area contributed by atoms with Crippen LogP contribution in [0.5, 0.6) is 0 Å². The summed E-state index contributed by atoms with van der Waals surface area (Å²) in [4.78, 5) is 37.3. The average molecular weight is 437 g/mol. The van der Waals surface area contributed by atoms with Crippen LogP contribution in [0.4, 0.5) is 0 Å². The van der Waals surface area contributed by atoms with Crippen LogP contribution < -0.4 is 5.56 Å². The molecule has 6 nitrogen and oxygen atoms in total. The highest BCUT2D eigenvalue weighted by Gasteiger charge is 2.27. The first-order chi connectivity index (χ1) is 15.0. The second-order valence-electron chi connectivity index (χ2n) is 8.17. The van der Waals surface area contributed by atoms with Crippen molar-refractivity contribution in [3.63, 3.8) is 0 Å². The fraction of sp³-hybridized carbons (Fsp3) is 0.417. The first-order valence-corrected chi connectivity index (χ1v) is 11.7. The molecule has 1 fully saturated rings. The number of benzene rings is 1. The summed E-state index contributed by atoms with van der Waals surface area (Å²) in [7, 11) is 1.91. The number of pyridine rings is 1. The number of fused-ring (bicyclic) bond motifs is 1. The average Bonchev–Trinajstić information content (AvgIpc) is 2.82. The van der Waals surface area contributed by atoms with Crippen LogP contribution >= 0.6 is 11.8 Å². The monoisotopic (exact) mass is 436 g/mol. The zero-order valence-corrected chi connectivity index (χ0v) is 18.8. The van der Waals surface area contributed by atoms with Crippen LogP contribution in [0.15, 0.2) is 58.7 Å². The Morgan fingerprint density at radius 2 is 1.97 bits per heavy atom. The highest BCUT2D eigenvalue weighted by molar-refractivity contribution is 8.00. The van der Waals surface area contributed by atoms with E-state index in [0.29, 0.717) is 28.6 Å². The van der Waals surface area contributed by atoms with Crippen LogP contribution in [0.3, 0.4) is 0 Å². The lowest BCUT2D eigenvalue weighted by Gasteiger charge is -2.32. The molecule has 0 radical (unpaired) electrons. The van der Waals surface area contributed by atoms with Gasteiger partial charge in [0.1, 0.15) is 0 Å². The number of nitrogens with zero attached hydrogens (tertiary/aromatic N) is 4. The highest BCUT2D eigenvalue weighted by atomic mass is 32.2. The summed E-state index contributed by atoms with van der Waals surface area (Å²) in [6.07, 6.45) is 9.22. The van der Waals surface area contributed by atoms with Gasteiger partial charge in [-0.3, -0.25) is 19.1 Å². The Kier molecular flexibility index (Phi) is 6.70. The molecule has 31 heavy (non-hydrogen) atoms. The predicted molar refractivity (Wildman–Crippen MR) is 124 cm³/mol. The standard InChI is InChI=1S/C24H28N4O2S/c1-17(22(29)27(2)19-10-4-3-5-11-19)31-24-26-21-13-7-6-12-20(21)23(30)28(24)16-18-9-8-14-25-15-18/h6-9,12-15,17,19H,3-5,10-11,16H2,1-2H3. The molecular weight excluding hydrogens is 408 g/mol. The second-order valence-corrected chi connectivity index (χ2v) is 9.47. The van der Waals surface area contributed by atoms with Gasteiger partial charge in [-0.1, -0.05) is 49.2 Å². The van der Waals surface area contributed by atoms with Gasteiger partial charge in [0.2, 0.25) is 5.91 Å². The van der Waals surface area contributed by atoms with Gasteiger partial charge in [-0.2, -0.15) is 0 Å². The Morgan fingerprint density at radius 1 is 1.19 bits per heavy atom. The van der Waals surface area contributed by atoms with Crippen molar-refractivity contribution in [1.82, 2.24) is 19.4 Å². The van der Waals surface area contributed by atoms with E-state index < -0.39 is 0 Å². The molecular formula is C24H28N4O2S. The molecule has 1 aromatic carbocycles. The quantitative estimate of drug-likeness (QED) is 0.430. The summed E-state index contributed by atoms with van der Waals surface area (Å²) < 4.78 is 1.66. The molecule has 1 aliphatic rings. The van der Waals surface area contributed by atoms with Crippen LogP contribution in [-0.2, 0) is 11.3 Å². The minimum absolute atomic E-state index is 0.0900. The Balaban J connectivity index is 1.64. The Hall–Kier alpha value is -2.67. The van der Waals surface area contributed by atoms with Gasteiger partial charge in [0, 0.05) is 25.5 Å². The number of carbonyl (C=O) groups excluding carboxylic acids is 1. The Morgan fingerprint density at radius 3 is 2.71 bits per heavy atom. The topological polar surface area (TPSA) is 68.1 Å². The molecule has 0 bridgehead atoms. The third kappa shape index (κ3) is 4.82. The van der Waals surface area contributed by atoms with E-state index in [1.807, 2.05) is 49.2 Å². The SMILES string of the molecule is CC(Sc1nc2ccccc2c(=O)n1Cc1cccnc1)C(=O)N(C)C1CCCCC1. The van der Waals surface area contributed by atoms with E-state index in [0.717, 1.165) is 18.4 Å².